The molecule has 0 spiro atoms. The highest BCUT2D eigenvalue weighted by Crippen LogP contribution is 2.34. The van der Waals surface area contributed by atoms with E-state index in [1.807, 2.05) is 30.3 Å². The molecule has 0 radical (unpaired) electrons. The Morgan fingerprint density at radius 3 is 2.29 bits per heavy atom. The molecule has 166 valence electrons. The van der Waals surface area contributed by atoms with Crippen molar-refractivity contribution in [1.29, 1.82) is 0 Å². The van der Waals surface area contributed by atoms with Crippen molar-refractivity contribution in [1.82, 2.24) is 4.98 Å². The van der Waals surface area contributed by atoms with Gasteiger partial charge in [0.1, 0.15) is 5.82 Å². The second-order valence-corrected chi connectivity index (χ2v) is 7.96. The van der Waals surface area contributed by atoms with E-state index in [-0.39, 0.29) is 35.3 Å². The van der Waals surface area contributed by atoms with Gasteiger partial charge < -0.3 is 16.8 Å². The molecule has 2 rings (SSSR count). The van der Waals surface area contributed by atoms with Gasteiger partial charge in [0, 0.05) is 35.2 Å². The number of ketones is 2. The van der Waals surface area contributed by atoms with E-state index in [4.69, 9.17) is 11.5 Å². The minimum absolute atomic E-state index is 0.154. The molecule has 0 saturated carbocycles. The summed E-state index contributed by atoms with van der Waals surface area (Å²) >= 11 is 0. The zero-order valence-electron chi connectivity index (χ0n) is 18.5. The first-order chi connectivity index (χ1) is 14.8. The van der Waals surface area contributed by atoms with Crippen molar-refractivity contribution in [2.75, 3.05) is 11.9 Å². The molecule has 1 heterocycles. The number of aromatic nitrogens is 1. The van der Waals surface area contributed by atoms with Gasteiger partial charge >= 0.3 is 0 Å². The first-order valence-corrected chi connectivity index (χ1v) is 10.7. The van der Waals surface area contributed by atoms with Gasteiger partial charge in [-0.3, -0.25) is 14.4 Å². The number of hydrogen-bond acceptors (Lipinski definition) is 6. The molecule has 1 aromatic carbocycles. The smallest absolute Gasteiger partial charge is 0.242 e. The molecule has 5 N–H and O–H groups in total. The molecule has 0 aliphatic heterocycles. The molecule has 0 aliphatic rings. The predicted molar refractivity (Wildman–Crippen MR) is 123 cm³/mol. The lowest BCUT2D eigenvalue weighted by molar-refractivity contribution is -0.117. The molecule has 7 nitrogen and oxygen atoms in total. The third-order valence-corrected chi connectivity index (χ3v) is 4.97. The maximum atomic E-state index is 13.4. The summed E-state index contributed by atoms with van der Waals surface area (Å²) in [5.41, 5.74) is 13.0. The van der Waals surface area contributed by atoms with Crippen LogP contribution in [0.3, 0.4) is 0 Å². The van der Waals surface area contributed by atoms with E-state index in [0.29, 0.717) is 29.7 Å². The van der Waals surface area contributed by atoms with Gasteiger partial charge in [0.2, 0.25) is 5.91 Å². The van der Waals surface area contributed by atoms with Crippen LogP contribution in [0.25, 0.3) is 11.1 Å². The topological polar surface area (TPSA) is 128 Å². The predicted octanol–water partition coefficient (Wildman–Crippen LogP) is 3.57. The summed E-state index contributed by atoms with van der Waals surface area (Å²) in [5, 5.41) is 2.72. The Bertz CT molecular complexity index is 924. The van der Waals surface area contributed by atoms with Crippen LogP contribution in [0.2, 0.25) is 0 Å². The summed E-state index contributed by atoms with van der Waals surface area (Å²) in [4.78, 5) is 43.0. The van der Waals surface area contributed by atoms with E-state index < -0.39 is 11.9 Å². The average Bonchev–Trinajstić information content (AvgIpc) is 2.76. The molecular formula is C24H32N4O3. The summed E-state index contributed by atoms with van der Waals surface area (Å²) in [6.07, 6.45) is 4.00. The second kappa shape index (κ2) is 11.5. The summed E-state index contributed by atoms with van der Waals surface area (Å²) < 4.78 is 0. The van der Waals surface area contributed by atoms with Gasteiger partial charge in [-0.25, -0.2) is 4.98 Å². The van der Waals surface area contributed by atoms with Crippen LogP contribution in [0.1, 0.15) is 67.2 Å². The standard InChI is InChI=1S/C24H32N4O3/c1-15(2)22(30)18-14-27-23(28-24(31)16(3)26)20(17-10-6-4-7-11-17)21(18)19(29)12-8-5-9-13-25/h4,6-7,10-11,14-16H,5,8-9,12-13,25-26H2,1-3H3,(H,27,28,31)/t16-/m0/s1. The fraction of sp³-hybridized carbons (Fsp3) is 0.417. The lowest BCUT2D eigenvalue weighted by atomic mass is 9.88. The number of unbranched alkanes of at least 4 members (excludes halogenated alkanes) is 2. The van der Waals surface area contributed by atoms with Gasteiger partial charge in [0.05, 0.1) is 6.04 Å². The third-order valence-electron chi connectivity index (χ3n) is 4.97. The summed E-state index contributed by atoms with van der Waals surface area (Å²) in [5.74, 6) is -0.828. The number of benzene rings is 1. The number of carbonyl (C=O) groups is 3. The number of nitrogens with zero attached hydrogens (tertiary/aromatic N) is 1. The molecule has 0 bridgehead atoms. The van der Waals surface area contributed by atoms with E-state index in [9.17, 15) is 14.4 Å². The zero-order valence-corrected chi connectivity index (χ0v) is 18.5. The number of nitrogens with two attached hydrogens (primary N) is 2. The number of amides is 1. The fourth-order valence-electron chi connectivity index (χ4n) is 3.24. The maximum Gasteiger partial charge on any atom is 0.242 e. The molecular weight excluding hydrogens is 392 g/mol. The fourth-order valence-corrected chi connectivity index (χ4v) is 3.24. The number of Topliss-reactive ketones (excluding diaryl/α,β-unsaturated/α-hetero) is 2. The van der Waals surface area contributed by atoms with Crippen molar-refractivity contribution in [2.24, 2.45) is 17.4 Å². The van der Waals surface area contributed by atoms with Gasteiger partial charge in [-0.15, -0.1) is 0 Å². The second-order valence-electron chi connectivity index (χ2n) is 7.96. The zero-order chi connectivity index (χ0) is 23.0. The lowest BCUT2D eigenvalue weighted by Crippen LogP contribution is -2.33. The number of nitrogens with one attached hydrogen (secondary N) is 1. The Morgan fingerprint density at radius 1 is 1.03 bits per heavy atom. The van der Waals surface area contributed by atoms with E-state index in [1.54, 1.807) is 20.8 Å². The highest BCUT2D eigenvalue weighted by atomic mass is 16.2. The molecule has 2 aromatic rings. The van der Waals surface area contributed by atoms with Gasteiger partial charge in [-0.2, -0.15) is 0 Å². The Kier molecular flexibility index (Phi) is 9.03. The number of anilines is 1. The molecule has 1 amide bonds. The van der Waals surface area contributed by atoms with Gasteiger partial charge in [0.15, 0.2) is 11.6 Å². The highest BCUT2D eigenvalue weighted by Gasteiger charge is 2.27. The van der Waals surface area contributed by atoms with Crippen LogP contribution in [0.5, 0.6) is 0 Å². The molecule has 31 heavy (non-hydrogen) atoms. The van der Waals surface area contributed by atoms with E-state index in [2.05, 4.69) is 10.3 Å². The summed E-state index contributed by atoms with van der Waals surface area (Å²) in [6.45, 7) is 5.71. The highest BCUT2D eigenvalue weighted by molar-refractivity contribution is 6.15. The molecule has 0 saturated heterocycles. The first-order valence-electron chi connectivity index (χ1n) is 10.7. The summed E-state index contributed by atoms with van der Waals surface area (Å²) in [6, 6.07) is 8.42. The van der Waals surface area contributed by atoms with Crippen molar-refractivity contribution >= 4 is 23.3 Å². The molecule has 0 fully saturated rings. The SMILES string of the molecule is CC(C)C(=O)c1cnc(NC(=O)[C@H](C)N)c(-c2ccccc2)c1C(=O)CCCCCN. The van der Waals surface area contributed by atoms with Gasteiger partial charge in [-0.1, -0.05) is 50.6 Å². The number of pyridine rings is 1. The Hall–Kier alpha value is -2.90. The Balaban J connectivity index is 2.68. The monoisotopic (exact) mass is 424 g/mol. The van der Waals surface area contributed by atoms with Crippen LogP contribution in [-0.2, 0) is 4.79 Å². The van der Waals surface area contributed by atoms with Crippen LogP contribution in [0.4, 0.5) is 5.82 Å². The average molecular weight is 425 g/mol. The van der Waals surface area contributed by atoms with Crippen molar-refractivity contribution < 1.29 is 14.4 Å². The lowest BCUT2D eigenvalue weighted by Gasteiger charge is -2.19. The Morgan fingerprint density at radius 2 is 1.71 bits per heavy atom. The largest absolute Gasteiger partial charge is 0.330 e. The van der Waals surface area contributed by atoms with E-state index in [0.717, 1.165) is 12.8 Å². The minimum Gasteiger partial charge on any atom is -0.330 e. The number of rotatable bonds is 11. The normalized spacial score (nSPS) is 11.9. The summed E-state index contributed by atoms with van der Waals surface area (Å²) in [7, 11) is 0. The van der Waals surface area contributed by atoms with Crippen LogP contribution >= 0.6 is 0 Å². The molecule has 0 aliphatic carbocycles. The molecule has 1 aromatic heterocycles. The molecule has 7 heteroatoms. The molecule has 1 atom stereocenters. The quantitative estimate of drug-likeness (QED) is 0.374. The minimum atomic E-state index is -0.752. The number of hydrogen-bond donors (Lipinski definition) is 3. The van der Waals surface area contributed by atoms with Crippen LogP contribution in [0.15, 0.2) is 36.5 Å². The van der Waals surface area contributed by atoms with Crippen molar-refractivity contribution in [3.63, 3.8) is 0 Å². The van der Waals surface area contributed by atoms with Crippen molar-refractivity contribution in [2.45, 2.75) is 52.5 Å². The molecule has 0 unspecified atom stereocenters. The van der Waals surface area contributed by atoms with Crippen LogP contribution in [-0.4, -0.2) is 35.0 Å². The maximum absolute atomic E-state index is 13.4. The third kappa shape index (κ3) is 6.29. The number of carbonyl (C=O) groups excluding carboxylic acids is 3. The van der Waals surface area contributed by atoms with Gasteiger partial charge in [0.25, 0.3) is 0 Å². The Labute approximate surface area is 183 Å². The van der Waals surface area contributed by atoms with Crippen molar-refractivity contribution in [3.8, 4) is 11.1 Å². The van der Waals surface area contributed by atoms with Crippen LogP contribution < -0.4 is 16.8 Å². The van der Waals surface area contributed by atoms with E-state index >= 15 is 0 Å². The van der Waals surface area contributed by atoms with Crippen LogP contribution in [0, 0.1) is 5.92 Å². The first kappa shape index (κ1) is 24.4. The van der Waals surface area contributed by atoms with Crippen molar-refractivity contribution in [3.05, 3.63) is 47.7 Å². The van der Waals surface area contributed by atoms with Gasteiger partial charge in [-0.05, 0) is 31.9 Å². The van der Waals surface area contributed by atoms with E-state index in [1.165, 1.54) is 6.20 Å².